The maximum atomic E-state index is 12.6. The molecule has 0 spiro atoms. The summed E-state index contributed by atoms with van der Waals surface area (Å²) in [7, 11) is 2.74. The zero-order chi connectivity index (χ0) is 25.4. The van der Waals surface area contributed by atoms with Crippen LogP contribution in [0, 0.1) is 11.3 Å². The highest BCUT2D eigenvalue weighted by Gasteiger charge is 2.15. The molecule has 3 aromatic rings. The Bertz CT molecular complexity index is 1300. The molecule has 0 aliphatic heterocycles. The van der Waals surface area contributed by atoms with E-state index in [2.05, 4.69) is 10.1 Å². The van der Waals surface area contributed by atoms with Gasteiger partial charge in [0.05, 0.1) is 24.8 Å². The van der Waals surface area contributed by atoms with Crippen molar-refractivity contribution in [2.24, 2.45) is 0 Å². The number of nitrogens with zero attached hydrogens (tertiary/aromatic N) is 1. The fraction of sp³-hybridized carbons (Fsp3) is 0.115. The van der Waals surface area contributed by atoms with Crippen LogP contribution in [0.2, 0.25) is 10.0 Å². The summed E-state index contributed by atoms with van der Waals surface area (Å²) in [4.78, 5) is 24.2. The zero-order valence-corrected chi connectivity index (χ0v) is 20.3. The summed E-state index contributed by atoms with van der Waals surface area (Å²) < 4.78 is 15.9. The maximum Gasteiger partial charge on any atom is 0.337 e. The third-order valence-electron chi connectivity index (χ3n) is 4.79. The van der Waals surface area contributed by atoms with Gasteiger partial charge in [-0.1, -0.05) is 35.3 Å². The number of rotatable bonds is 8. The Kier molecular flexibility index (Phi) is 8.74. The second-order valence-corrected chi connectivity index (χ2v) is 7.99. The van der Waals surface area contributed by atoms with Crippen molar-refractivity contribution in [2.75, 3.05) is 19.5 Å². The number of carbonyl (C=O) groups is 2. The first kappa shape index (κ1) is 25.6. The number of esters is 1. The summed E-state index contributed by atoms with van der Waals surface area (Å²) in [6, 6.07) is 18.3. The van der Waals surface area contributed by atoms with Crippen LogP contribution in [-0.2, 0) is 16.1 Å². The number of anilines is 1. The molecule has 3 rings (SSSR count). The summed E-state index contributed by atoms with van der Waals surface area (Å²) in [5, 5.41) is 13.0. The largest absolute Gasteiger partial charge is 0.493 e. The van der Waals surface area contributed by atoms with Crippen molar-refractivity contribution in [3.8, 4) is 17.6 Å². The van der Waals surface area contributed by atoms with Gasteiger partial charge >= 0.3 is 5.97 Å². The van der Waals surface area contributed by atoms with Gasteiger partial charge in [-0.15, -0.1) is 0 Å². The number of ether oxygens (including phenoxy) is 3. The molecule has 0 aliphatic carbocycles. The quantitative estimate of drug-likeness (QED) is 0.229. The Balaban J connectivity index is 1.77. The van der Waals surface area contributed by atoms with Crippen LogP contribution >= 0.6 is 23.2 Å². The first-order valence-electron chi connectivity index (χ1n) is 10.2. The molecule has 35 heavy (non-hydrogen) atoms. The van der Waals surface area contributed by atoms with E-state index in [0.29, 0.717) is 33.3 Å². The highest BCUT2D eigenvalue weighted by Crippen LogP contribution is 2.37. The SMILES string of the molecule is COC(=O)c1ccc(NC(=O)/C(C#N)=C/c2cc(Cl)c(OCc3ccc(Cl)cc3)c(OC)c2)cc1. The van der Waals surface area contributed by atoms with Gasteiger partial charge in [-0.3, -0.25) is 4.79 Å². The van der Waals surface area contributed by atoms with Gasteiger partial charge in [0.25, 0.3) is 5.91 Å². The van der Waals surface area contributed by atoms with Gasteiger partial charge in [-0.25, -0.2) is 4.79 Å². The van der Waals surface area contributed by atoms with Crippen molar-refractivity contribution in [2.45, 2.75) is 6.61 Å². The summed E-state index contributed by atoms with van der Waals surface area (Å²) in [5.74, 6) is -0.452. The molecular weight excluding hydrogens is 491 g/mol. The highest BCUT2D eigenvalue weighted by molar-refractivity contribution is 6.32. The molecule has 0 saturated heterocycles. The van der Waals surface area contributed by atoms with E-state index in [4.69, 9.17) is 32.7 Å². The number of benzene rings is 3. The molecule has 0 atom stereocenters. The van der Waals surface area contributed by atoms with Crippen molar-refractivity contribution >= 4 is 46.8 Å². The maximum absolute atomic E-state index is 12.6. The van der Waals surface area contributed by atoms with Gasteiger partial charge < -0.3 is 19.5 Å². The number of hydrogen-bond donors (Lipinski definition) is 1. The van der Waals surface area contributed by atoms with Crippen LogP contribution in [0.15, 0.2) is 66.2 Å². The molecule has 0 heterocycles. The average molecular weight is 511 g/mol. The number of nitriles is 1. The van der Waals surface area contributed by atoms with Crippen molar-refractivity contribution in [3.05, 3.63) is 93.0 Å². The third kappa shape index (κ3) is 6.76. The normalized spacial score (nSPS) is 10.8. The Morgan fingerprint density at radius 1 is 1.03 bits per heavy atom. The van der Waals surface area contributed by atoms with Crippen LogP contribution in [0.4, 0.5) is 5.69 Å². The topological polar surface area (TPSA) is 97.7 Å². The minimum atomic E-state index is -0.628. The molecule has 0 saturated carbocycles. The Hall–Kier alpha value is -3.99. The molecule has 0 radical (unpaired) electrons. The lowest BCUT2D eigenvalue weighted by Crippen LogP contribution is -2.13. The van der Waals surface area contributed by atoms with Crippen molar-refractivity contribution in [1.82, 2.24) is 0 Å². The fourth-order valence-electron chi connectivity index (χ4n) is 3.02. The average Bonchev–Trinajstić information content (AvgIpc) is 2.87. The van der Waals surface area contributed by atoms with Gasteiger partial charge in [0.2, 0.25) is 0 Å². The first-order chi connectivity index (χ1) is 16.8. The summed E-state index contributed by atoms with van der Waals surface area (Å²) >= 11 is 12.3. The molecule has 0 bridgehead atoms. The number of hydrogen-bond acceptors (Lipinski definition) is 6. The van der Waals surface area contributed by atoms with E-state index < -0.39 is 11.9 Å². The fourth-order valence-corrected chi connectivity index (χ4v) is 3.42. The van der Waals surface area contributed by atoms with E-state index in [1.165, 1.54) is 44.6 Å². The van der Waals surface area contributed by atoms with Gasteiger partial charge in [-0.05, 0) is 65.7 Å². The Morgan fingerprint density at radius 3 is 2.31 bits per heavy atom. The van der Waals surface area contributed by atoms with E-state index in [0.717, 1.165) is 5.56 Å². The molecule has 1 N–H and O–H groups in total. The van der Waals surface area contributed by atoms with Crippen LogP contribution in [0.3, 0.4) is 0 Å². The van der Waals surface area contributed by atoms with E-state index >= 15 is 0 Å². The minimum absolute atomic E-state index is 0.157. The number of halogens is 2. The van der Waals surface area contributed by atoms with E-state index in [1.807, 2.05) is 18.2 Å². The third-order valence-corrected chi connectivity index (χ3v) is 5.32. The summed E-state index contributed by atoms with van der Waals surface area (Å²) in [6.45, 7) is 0.239. The molecule has 0 fully saturated rings. The predicted molar refractivity (Wildman–Crippen MR) is 134 cm³/mol. The van der Waals surface area contributed by atoms with Crippen molar-refractivity contribution < 1.29 is 23.8 Å². The monoisotopic (exact) mass is 510 g/mol. The van der Waals surface area contributed by atoms with Gasteiger partial charge in [0, 0.05) is 10.7 Å². The Labute approximate surface area is 212 Å². The van der Waals surface area contributed by atoms with Crippen LogP contribution in [0.1, 0.15) is 21.5 Å². The number of nitrogens with one attached hydrogen (secondary N) is 1. The first-order valence-corrected chi connectivity index (χ1v) is 11.0. The summed E-state index contributed by atoms with van der Waals surface area (Å²) in [6.07, 6.45) is 1.38. The minimum Gasteiger partial charge on any atom is -0.493 e. The molecule has 0 aliphatic rings. The molecule has 178 valence electrons. The molecule has 9 heteroatoms. The predicted octanol–water partition coefficient (Wildman–Crippen LogP) is 5.91. The number of amides is 1. The van der Waals surface area contributed by atoms with Gasteiger partial charge in [0.1, 0.15) is 18.2 Å². The lowest BCUT2D eigenvalue weighted by molar-refractivity contribution is -0.112. The van der Waals surface area contributed by atoms with Crippen LogP contribution in [0.25, 0.3) is 6.08 Å². The molecule has 3 aromatic carbocycles. The number of carbonyl (C=O) groups excluding carboxylic acids is 2. The molecule has 7 nitrogen and oxygen atoms in total. The van der Waals surface area contributed by atoms with Crippen molar-refractivity contribution in [1.29, 1.82) is 5.26 Å². The molecule has 1 amide bonds. The van der Waals surface area contributed by atoms with E-state index in [1.54, 1.807) is 24.3 Å². The van der Waals surface area contributed by atoms with Crippen molar-refractivity contribution in [3.63, 3.8) is 0 Å². The molecule has 0 unspecified atom stereocenters. The Morgan fingerprint density at radius 2 is 1.71 bits per heavy atom. The lowest BCUT2D eigenvalue weighted by atomic mass is 10.1. The molecular formula is C26H20Cl2N2O5. The van der Waals surface area contributed by atoms with Gasteiger partial charge in [-0.2, -0.15) is 5.26 Å². The van der Waals surface area contributed by atoms with Gasteiger partial charge in [0.15, 0.2) is 11.5 Å². The second kappa shape index (κ2) is 11.9. The van der Waals surface area contributed by atoms with Crippen LogP contribution < -0.4 is 14.8 Å². The van der Waals surface area contributed by atoms with E-state index in [-0.39, 0.29) is 17.2 Å². The summed E-state index contributed by atoms with van der Waals surface area (Å²) in [5.41, 5.74) is 1.94. The highest BCUT2D eigenvalue weighted by atomic mass is 35.5. The van der Waals surface area contributed by atoms with E-state index in [9.17, 15) is 14.9 Å². The van der Waals surface area contributed by atoms with Crippen LogP contribution in [0.5, 0.6) is 11.5 Å². The van der Waals surface area contributed by atoms with Crippen LogP contribution in [-0.4, -0.2) is 26.1 Å². The zero-order valence-electron chi connectivity index (χ0n) is 18.8. The standard InChI is InChI=1S/C26H20Cl2N2O5/c1-33-23-13-17(12-22(28)24(23)35-15-16-3-7-20(27)8-4-16)11-19(14-29)25(31)30-21-9-5-18(6-10-21)26(32)34-2/h3-13H,15H2,1-2H3,(H,30,31)/b19-11+. The second-order valence-electron chi connectivity index (χ2n) is 7.14. The smallest absolute Gasteiger partial charge is 0.337 e. The lowest BCUT2D eigenvalue weighted by Gasteiger charge is -2.14. The number of methoxy groups -OCH3 is 2. The molecule has 0 aromatic heterocycles.